The lowest BCUT2D eigenvalue weighted by Gasteiger charge is -1.99. The number of nitrogens with zero attached hydrogens (tertiary/aromatic N) is 2. The summed E-state index contributed by atoms with van der Waals surface area (Å²) in [6, 6.07) is 4.28. The summed E-state index contributed by atoms with van der Waals surface area (Å²) in [5, 5.41) is 5.40. The molecule has 2 heterocycles. The molecule has 0 aliphatic heterocycles. The third-order valence-electron chi connectivity index (χ3n) is 2.44. The number of rotatable bonds is 6. The Kier molecular flexibility index (Phi) is 4.13. The molecule has 16 heavy (non-hydrogen) atoms. The standard InChI is InChI=1S/C12H17N3S/c1-2-13-8-11-9-15(10-14-11)6-5-12-4-3-7-16-12/h3-4,7,9-10,13H,2,5-6,8H2,1H3. The lowest BCUT2D eigenvalue weighted by molar-refractivity contribution is 0.693. The van der Waals surface area contributed by atoms with Crippen molar-refractivity contribution in [1.29, 1.82) is 0 Å². The Morgan fingerprint density at radius 2 is 2.44 bits per heavy atom. The zero-order chi connectivity index (χ0) is 11.2. The van der Waals surface area contributed by atoms with Gasteiger partial charge in [-0.3, -0.25) is 0 Å². The first kappa shape index (κ1) is 11.4. The van der Waals surface area contributed by atoms with Gasteiger partial charge in [-0.05, 0) is 24.4 Å². The Balaban J connectivity index is 1.83. The van der Waals surface area contributed by atoms with Crippen molar-refractivity contribution in [3.8, 4) is 0 Å². The molecule has 2 aromatic rings. The first-order valence-corrected chi connectivity index (χ1v) is 6.50. The number of aromatic nitrogens is 2. The van der Waals surface area contributed by atoms with Crippen molar-refractivity contribution < 1.29 is 0 Å². The van der Waals surface area contributed by atoms with Crippen LogP contribution in [0.5, 0.6) is 0 Å². The van der Waals surface area contributed by atoms with Gasteiger partial charge in [0.2, 0.25) is 0 Å². The monoisotopic (exact) mass is 235 g/mol. The van der Waals surface area contributed by atoms with Crippen molar-refractivity contribution in [2.75, 3.05) is 6.54 Å². The topological polar surface area (TPSA) is 29.9 Å². The van der Waals surface area contributed by atoms with Crippen LogP contribution >= 0.6 is 11.3 Å². The molecule has 0 fully saturated rings. The molecule has 0 saturated carbocycles. The van der Waals surface area contributed by atoms with Crippen LogP contribution in [0, 0.1) is 0 Å². The molecule has 0 atom stereocenters. The van der Waals surface area contributed by atoms with Crippen molar-refractivity contribution >= 4 is 11.3 Å². The minimum Gasteiger partial charge on any atom is -0.337 e. The van der Waals surface area contributed by atoms with E-state index >= 15 is 0 Å². The van der Waals surface area contributed by atoms with Crippen LogP contribution in [0.4, 0.5) is 0 Å². The molecular formula is C12H17N3S. The van der Waals surface area contributed by atoms with E-state index in [4.69, 9.17) is 0 Å². The third kappa shape index (κ3) is 3.18. The van der Waals surface area contributed by atoms with Crippen molar-refractivity contribution in [1.82, 2.24) is 14.9 Å². The van der Waals surface area contributed by atoms with Crippen LogP contribution in [-0.2, 0) is 19.5 Å². The van der Waals surface area contributed by atoms with Crippen LogP contribution in [0.25, 0.3) is 0 Å². The van der Waals surface area contributed by atoms with E-state index in [9.17, 15) is 0 Å². The molecule has 0 radical (unpaired) electrons. The molecule has 1 N–H and O–H groups in total. The highest BCUT2D eigenvalue weighted by atomic mass is 32.1. The van der Waals surface area contributed by atoms with E-state index in [0.29, 0.717) is 0 Å². The Morgan fingerprint density at radius 3 is 3.19 bits per heavy atom. The molecule has 0 unspecified atom stereocenters. The van der Waals surface area contributed by atoms with E-state index in [1.807, 2.05) is 17.7 Å². The molecule has 0 amide bonds. The normalized spacial score (nSPS) is 10.8. The second-order valence-electron chi connectivity index (χ2n) is 3.71. The van der Waals surface area contributed by atoms with E-state index in [-0.39, 0.29) is 0 Å². The molecule has 0 aliphatic carbocycles. The molecule has 2 aromatic heterocycles. The van der Waals surface area contributed by atoms with Crippen molar-refractivity contribution in [3.63, 3.8) is 0 Å². The van der Waals surface area contributed by atoms with E-state index in [0.717, 1.165) is 31.7 Å². The first-order chi connectivity index (χ1) is 7.88. The predicted molar refractivity (Wildman–Crippen MR) is 67.6 cm³/mol. The third-order valence-corrected chi connectivity index (χ3v) is 3.38. The van der Waals surface area contributed by atoms with E-state index in [2.05, 4.69) is 45.5 Å². The second-order valence-corrected chi connectivity index (χ2v) is 4.74. The van der Waals surface area contributed by atoms with Gasteiger partial charge in [-0.1, -0.05) is 13.0 Å². The fraction of sp³-hybridized carbons (Fsp3) is 0.417. The molecule has 0 bridgehead atoms. The summed E-state index contributed by atoms with van der Waals surface area (Å²) >= 11 is 1.82. The predicted octanol–water partition coefficient (Wildman–Crippen LogP) is 2.30. The fourth-order valence-corrected chi connectivity index (χ4v) is 2.27. The summed E-state index contributed by atoms with van der Waals surface area (Å²) in [5.41, 5.74) is 1.12. The lowest BCUT2D eigenvalue weighted by atomic mass is 10.3. The molecule has 3 nitrogen and oxygen atoms in total. The van der Waals surface area contributed by atoms with Crippen LogP contribution < -0.4 is 5.32 Å². The van der Waals surface area contributed by atoms with Gasteiger partial charge in [-0.15, -0.1) is 11.3 Å². The molecule has 0 saturated heterocycles. The maximum Gasteiger partial charge on any atom is 0.0950 e. The largest absolute Gasteiger partial charge is 0.337 e. The van der Waals surface area contributed by atoms with Gasteiger partial charge in [0.05, 0.1) is 12.0 Å². The second kappa shape index (κ2) is 5.82. The Labute approximate surface area is 100 Å². The average Bonchev–Trinajstić information content (AvgIpc) is 2.95. The van der Waals surface area contributed by atoms with Gasteiger partial charge in [0.25, 0.3) is 0 Å². The molecular weight excluding hydrogens is 218 g/mol. The van der Waals surface area contributed by atoms with Gasteiger partial charge in [-0.25, -0.2) is 4.98 Å². The van der Waals surface area contributed by atoms with Crippen LogP contribution in [0.2, 0.25) is 0 Å². The van der Waals surface area contributed by atoms with Gasteiger partial charge in [0, 0.05) is 24.2 Å². The number of imidazole rings is 1. The summed E-state index contributed by atoms with van der Waals surface area (Å²) in [5.74, 6) is 0. The molecule has 0 aliphatic rings. The minimum absolute atomic E-state index is 0.864. The smallest absolute Gasteiger partial charge is 0.0950 e. The van der Waals surface area contributed by atoms with E-state index < -0.39 is 0 Å². The van der Waals surface area contributed by atoms with Crippen molar-refractivity contribution in [2.24, 2.45) is 0 Å². The molecule has 86 valence electrons. The van der Waals surface area contributed by atoms with Gasteiger partial charge in [0.1, 0.15) is 0 Å². The number of hydrogen-bond donors (Lipinski definition) is 1. The van der Waals surface area contributed by atoms with E-state index in [1.54, 1.807) is 0 Å². The molecule has 4 heteroatoms. The summed E-state index contributed by atoms with van der Waals surface area (Å²) in [6.45, 7) is 4.97. The molecule has 0 aromatic carbocycles. The van der Waals surface area contributed by atoms with Crippen molar-refractivity contribution in [3.05, 3.63) is 40.6 Å². The quantitative estimate of drug-likeness (QED) is 0.832. The highest BCUT2D eigenvalue weighted by molar-refractivity contribution is 7.09. The highest BCUT2D eigenvalue weighted by Crippen LogP contribution is 2.10. The fourth-order valence-electron chi connectivity index (χ4n) is 1.57. The highest BCUT2D eigenvalue weighted by Gasteiger charge is 1.99. The van der Waals surface area contributed by atoms with Crippen LogP contribution in [-0.4, -0.2) is 16.1 Å². The number of hydrogen-bond acceptors (Lipinski definition) is 3. The van der Waals surface area contributed by atoms with Gasteiger partial charge >= 0.3 is 0 Å². The van der Waals surface area contributed by atoms with Gasteiger partial charge in [-0.2, -0.15) is 0 Å². The van der Waals surface area contributed by atoms with Gasteiger partial charge in [0.15, 0.2) is 0 Å². The van der Waals surface area contributed by atoms with E-state index in [1.165, 1.54) is 4.88 Å². The summed E-state index contributed by atoms with van der Waals surface area (Å²) in [6.07, 6.45) is 5.13. The van der Waals surface area contributed by atoms with Gasteiger partial charge < -0.3 is 9.88 Å². The van der Waals surface area contributed by atoms with Crippen LogP contribution in [0.15, 0.2) is 30.0 Å². The maximum absolute atomic E-state index is 4.36. The lowest BCUT2D eigenvalue weighted by Crippen LogP contribution is -2.11. The van der Waals surface area contributed by atoms with Crippen LogP contribution in [0.3, 0.4) is 0 Å². The maximum atomic E-state index is 4.36. The first-order valence-electron chi connectivity index (χ1n) is 5.62. The Morgan fingerprint density at radius 1 is 1.50 bits per heavy atom. The summed E-state index contributed by atoms with van der Waals surface area (Å²) < 4.78 is 2.16. The molecule has 0 spiro atoms. The summed E-state index contributed by atoms with van der Waals surface area (Å²) in [7, 11) is 0. The Hall–Kier alpha value is -1.13. The summed E-state index contributed by atoms with van der Waals surface area (Å²) in [4.78, 5) is 5.79. The Bertz CT molecular complexity index is 406. The minimum atomic E-state index is 0.864. The number of aryl methyl sites for hydroxylation is 2. The van der Waals surface area contributed by atoms with Crippen LogP contribution in [0.1, 0.15) is 17.5 Å². The molecule has 2 rings (SSSR count). The number of nitrogens with one attached hydrogen (secondary N) is 1. The average molecular weight is 235 g/mol. The zero-order valence-corrected chi connectivity index (χ0v) is 10.3. The number of thiophene rings is 1. The van der Waals surface area contributed by atoms with Crippen molar-refractivity contribution in [2.45, 2.75) is 26.4 Å². The SMILES string of the molecule is CCNCc1cn(CCc2cccs2)cn1. The zero-order valence-electron chi connectivity index (χ0n) is 9.52.